The van der Waals surface area contributed by atoms with Crippen LogP contribution in [-0.4, -0.2) is 22.2 Å². The monoisotopic (exact) mass is 222 g/mol. The van der Waals surface area contributed by atoms with Gasteiger partial charge in [0, 0.05) is 6.42 Å². The van der Waals surface area contributed by atoms with Gasteiger partial charge < -0.3 is 22.5 Å². The van der Waals surface area contributed by atoms with Gasteiger partial charge in [-0.15, -0.1) is 0 Å². The molecule has 0 aromatic rings. The lowest BCUT2D eigenvalue weighted by atomic mass is 9.78. The standard InChI is InChI=1S/C9H16O4.2H3N/c1-6(4-5-7(10)11)9(2,3)8(12)13;;/h6H,4-5H2,1-3H3,(H,10,11)(H,12,13);2*1H3. The molecule has 0 amide bonds. The lowest BCUT2D eigenvalue weighted by Gasteiger charge is -2.26. The Bertz CT molecular complexity index is 216. The molecule has 15 heavy (non-hydrogen) atoms. The maximum atomic E-state index is 10.8. The Hall–Kier alpha value is -1.14. The highest BCUT2D eigenvalue weighted by atomic mass is 16.4. The second-order valence-corrected chi connectivity index (χ2v) is 3.86. The Morgan fingerprint density at radius 3 is 1.87 bits per heavy atom. The zero-order valence-electron chi connectivity index (χ0n) is 9.62. The van der Waals surface area contributed by atoms with Gasteiger partial charge in [0.1, 0.15) is 0 Å². The molecule has 0 spiro atoms. The van der Waals surface area contributed by atoms with Gasteiger partial charge in [0.05, 0.1) is 5.41 Å². The van der Waals surface area contributed by atoms with Crippen LogP contribution in [0.15, 0.2) is 0 Å². The van der Waals surface area contributed by atoms with Crippen LogP contribution in [0, 0.1) is 11.3 Å². The molecule has 0 aliphatic heterocycles. The normalized spacial score (nSPS) is 11.9. The van der Waals surface area contributed by atoms with E-state index in [1.807, 2.05) is 0 Å². The van der Waals surface area contributed by atoms with E-state index in [9.17, 15) is 9.59 Å². The van der Waals surface area contributed by atoms with Crippen molar-refractivity contribution in [3.63, 3.8) is 0 Å². The highest BCUT2D eigenvalue weighted by Crippen LogP contribution is 2.30. The first-order chi connectivity index (χ1) is 5.78. The van der Waals surface area contributed by atoms with Gasteiger partial charge in [-0.2, -0.15) is 0 Å². The van der Waals surface area contributed by atoms with Crippen LogP contribution in [0.3, 0.4) is 0 Å². The van der Waals surface area contributed by atoms with Crippen molar-refractivity contribution in [1.82, 2.24) is 12.3 Å². The molecule has 0 aromatic carbocycles. The summed E-state index contributed by atoms with van der Waals surface area (Å²) in [5.41, 5.74) is -0.852. The molecule has 8 N–H and O–H groups in total. The van der Waals surface area contributed by atoms with Gasteiger partial charge in [-0.05, 0) is 26.2 Å². The van der Waals surface area contributed by atoms with Crippen molar-refractivity contribution in [2.24, 2.45) is 11.3 Å². The van der Waals surface area contributed by atoms with Crippen LogP contribution in [0.5, 0.6) is 0 Å². The zero-order valence-corrected chi connectivity index (χ0v) is 9.62. The highest BCUT2D eigenvalue weighted by molar-refractivity contribution is 5.74. The minimum atomic E-state index is -0.884. The summed E-state index contributed by atoms with van der Waals surface area (Å²) in [4.78, 5) is 21.0. The lowest BCUT2D eigenvalue weighted by Crippen LogP contribution is -2.31. The van der Waals surface area contributed by atoms with Crippen LogP contribution in [0.25, 0.3) is 0 Å². The number of rotatable bonds is 5. The van der Waals surface area contributed by atoms with Crippen LogP contribution >= 0.6 is 0 Å². The summed E-state index contributed by atoms with van der Waals surface area (Å²) >= 11 is 0. The SMILES string of the molecule is CC(CCC(=O)O)C(C)(C)C(=O)O.N.N. The molecule has 0 aliphatic rings. The summed E-state index contributed by atoms with van der Waals surface area (Å²) in [6, 6.07) is 0. The predicted octanol–water partition coefficient (Wildman–Crippen LogP) is 1.92. The van der Waals surface area contributed by atoms with E-state index < -0.39 is 17.4 Å². The first kappa shape index (κ1) is 19.4. The van der Waals surface area contributed by atoms with E-state index in [1.165, 1.54) is 0 Å². The van der Waals surface area contributed by atoms with Crippen molar-refractivity contribution >= 4 is 11.9 Å². The van der Waals surface area contributed by atoms with E-state index in [-0.39, 0.29) is 24.6 Å². The Labute approximate surface area is 89.8 Å². The van der Waals surface area contributed by atoms with Gasteiger partial charge in [-0.3, -0.25) is 9.59 Å². The second kappa shape index (κ2) is 7.19. The van der Waals surface area contributed by atoms with Crippen molar-refractivity contribution in [3.05, 3.63) is 0 Å². The lowest BCUT2D eigenvalue weighted by molar-refractivity contribution is -0.150. The fourth-order valence-electron chi connectivity index (χ4n) is 0.912. The van der Waals surface area contributed by atoms with E-state index in [2.05, 4.69) is 0 Å². The Kier molecular flexibility index (Phi) is 9.32. The molecule has 0 aliphatic carbocycles. The first-order valence-electron chi connectivity index (χ1n) is 4.23. The molecule has 0 heterocycles. The third-order valence-electron chi connectivity index (χ3n) is 2.57. The van der Waals surface area contributed by atoms with Crippen molar-refractivity contribution in [2.45, 2.75) is 33.6 Å². The predicted molar refractivity (Wildman–Crippen MR) is 57.5 cm³/mol. The summed E-state index contributed by atoms with van der Waals surface area (Å²) in [7, 11) is 0. The fourth-order valence-corrected chi connectivity index (χ4v) is 0.912. The topological polar surface area (TPSA) is 145 Å². The molecule has 1 atom stereocenters. The Balaban J connectivity index is -0.000000720. The summed E-state index contributed by atoms with van der Waals surface area (Å²) in [5.74, 6) is -1.90. The van der Waals surface area contributed by atoms with E-state index in [4.69, 9.17) is 10.2 Å². The van der Waals surface area contributed by atoms with E-state index >= 15 is 0 Å². The number of carbonyl (C=O) groups is 2. The van der Waals surface area contributed by atoms with E-state index in [1.54, 1.807) is 20.8 Å². The Morgan fingerprint density at radius 2 is 1.60 bits per heavy atom. The minimum absolute atomic E-state index is 0. The fraction of sp³-hybridized carbons (Fsp3) is 0.778. The molecule has 0 saturated carbocycles. The first-order valence-corrected chi connectivity index (χ1v) is 4.23. The molecule has 0 aromatic heterocycles. The second-order valence-electron chi connectivity index (χ2n) is 3.86. The van der Waals surface area contributed by atoms with E-state index in [0.29, 0.717) is 6.42 Å². The third kappa shape index (κ3) is 6.03. The number of hydrogen-bond donors (Lipinski definition) is 4. The minimum Gasteiger partial charge on any atom is -0.481 e. The zero-order chi connectivity index (χ0) is 10.6. The summed E-state index contributed by atoms with van der Waals surface area (Å²) in [6.07, 6.45) is 0.423. The molecule has 0 fully saturated rings. The molecular formula is C9H22N2O4. The molecular weight excluding hydrogens is 200 g/mol. The summed E-state index contributed by atoms with van der Waals surface area (Å²) in [6.45, 7) is 4.99. The molecule has 92 valence electrons. The molecule has 0 bridgehead atoms. The van der Waals surface area contributed by atoms with Crippen LogP contribution in [0.2, 0.25) is 0 Å². The van der Waals surface area contributed by atoms with Gasteiger partial charge in [0.15, 0.2) is 0 Å². The average molecular weight is 222 g/mol. The van der Waals surface area contributed by atoms with Crippen LogP contribution in [0.4, 0.5) is 0 Å². The van der Waals surface area contributed by atoms with Gasteiger partial charge in [-0.25, -0.2) is 0 Å². The molecule has 0 radical (unpaired) electrons. The van der Waals surface area contributed by atoms with Crippen molar-refractivity contribution in [2.75, 3.05) is 0 Å². The van der Waals surface area contributed by atoms with Gasteiger partial charge >= 0.3 is 11.9 Å². The molecule has 0 saturated heterocycles. The summed E-state index contributed by atoms with van der Waals surface area (Å²) < 4.78 is 0. The van der Waals surface area contributed by atoms with Crippen LogP contribution < -0.4 is 12.3 Å². The number of carboxylic acid groups (broad SMARTS) is 2. The summed E-state index contributed by atoms with van der Waals surface area (Å²) in [5, 5.41) is 17.2. The van der Waals surface area contributed by atoms with Crippen LogP contribution in [0.1, 0.15) is 33.6 Å². The van der Waals surface area contributed by atoms with Gasteiger partial charge in [0.25, 0.3) is 0 Å². The number of hydrogen-bond acceptors (Lipinski definition) is 4. The van der Waals surface area contributed by atoms with Crippen LogP contribution in [-0.2, 0) is 9.59 Å². The van der Waals surface area contributed by atoms with Crippen molar-refractivity contribution in [3.8, 4) is 0 Å². The molecule has 1 unspecified atom stereocenters. The number of carboxylic acids is 2. The number of aliphatic carboxylic acids is 2. The molecule has 6 nitrogen and oxygen atoms in total. The smallest absolute Gasteiger partial charge is 0.309 e. The maximum absolute atomic E-state index is 10.8. The maximum Gasteiger partial charge on any atom is 0.309 e. The van der Waals surface area contributed by atoms with Crippen molar-refractivity contribution < 1.29 is 19.8 Å². The van der Waals surface area contributed by atoms with Gasteiger partial charge in [-0.1, -0.05) is 6.92 Å². The largest absolute Gasteiger partial charge is 0.481 e. The average Bonchev–Trinajstić information content (AvgIpc) is 1.99. The van der Waals surface area contributed by atoms with E-state index in [0.717, 1.165) is 0 Å². The quantitative estimate of drug-likeness (QED) is 0.559. The molecule has 6 heteroatoms. The molecule has 0 rings (SSSR count). The highest BCUT2D eigenvalue weighted by Gasteiger charge is 2.33. The Morgan fingerprint density at radius 1 is 1.20 bits per heavy atom. The van der Waals surface area contributed by atoms with Gasteiger partial charge in [0.2, 0.25) is 0 Å². The van der Waals surface area contributed by atoms with Crippen molar-refractivity contribution in [1.29, 1.82) is 0 Å². The third-order valence-corrected chi connectivity index (χ3v) is 2.57.